The van der Waals surface area contributed by atoms with Crippen molar-refractivity contribution in [3.63, 3.8) is 0 Å². The highest BCUT2D eigenvalue weighted by Crippen LogP contribution is 2.19. The highest BCUT2D eigenvalue weighted by molar-refractivity contribution is 7.15. The van der Waals surface area contributed by atoms with Gasteiger partial charge in [-0.25, -0.2) is 0 Å². The molecule has 0 aliphatic carbocycles. The quantitative estimate of drug-likeness (QED) is 0.308. The molecule has 1 fully saturated rings. The molecule has 5 heterocycles. The summed E-state index contributed by atoms with van der Waals surface area (Å²) in [7, 11) is 2.42. The number of hydrogen-bond donors (Lipinski definition) is 1. The Balaban J connectivity index is 0.000000208. The Morgan fingerprint density at radius 2 is 1.26 bits per heavy atom. The van der Waals surface area contributed by atoms with Crippen molar-refractivity contribution in [3.05, 3.63) is 95.6 Å². The van der Waals surface area contributed by atoms with Gasteiger partial charge in [-0.2, -0.15) is 0 Å². The zero-order valence-corrected chi connectivity index (χ0v) is 23.5. The van der Waals surface area contributed by atoms with Crippen molar-refractivity contribution in [2.45, 2.75) is 52.6 Å². The van der Waals surface area contributed by atoms with Crippen molar-refractivity contribution in [2.75, 3.05) is 13.3 Å². The maximum absolute atomic E-state index is 9.02. The third kappa shape index (κ3) is 9.34. The second-order valence-corrected chi connectivity index (χ2v) is 8.80. The number of aliphatic hydroxyl groups is 1. The Morgan fingerprint density at radius 3 is 1.76 bits per heavy atom. The molecule has 5 rings (SSSR count). The van der Waals surface area contributed by atoms with E-state index in [1.165, 1.54) is 12.0 Å². The Morgan fingerprint density at radius 1 is 0.763 bits per heavy atom. The molecule has 2 atom stereocenters. The van der Waals surface area contributed by atoms with E-state index in [2.05, 4.69) is 36.1 Å². The minimum Gasteiger partial charge on any atom is -0.392 e. The SMILES string of the molecule is CP.Cc1ccnc(-c2cc(CO)ccn2)c1.Cc1ccnc(-c2cc(COC3CCCCO3)ccn2)c1. The Hall–Kier alpha value is -3.09. The first-order chi connectivity index (χ1) is 18.6. The van der Waals surface area contributed by atoms with Gasteiger partial charge in [0.25, 0.3) is 0 Å². The number of pyridine rings is 4. The van der Waals surface area contributed by atoms with E-state index >= 15 is 0 Å². The van der Waals surface area contributed by atoms with Gasteiger partial charge in [-0.3, -0.25) is 19.9 Å². The smallest absolute Gasteiger partial charge is 0.158 e. The molecular formula is C30H37N4O3P. The van der Waals surface area contributed by atoms with Crippen LogP contribution in [0.2, 0.25) is 0 Å². The zero-order valence-electron chi connectivity index (χ0n) is 22.4. The van der Waals surface area contributed by atoms with Crippen LogP contribution in [0.4, 0.5) is 0 Å². The molecule has 1 aliphatic rings. The van der Waals surface area contributed by atoms with Gasteiger partial charge in [-0.1, -0.05) is 6.66 Å². The zero-order chi connectivity index (χ0) is 27.2. The molecular weight excluding hydrogens is 495 g/mol. The monoisotopic (exact) mass is 532 g/mol. The first-order valence-corrected chi connectivity index (χ1v) is 13.9. The number of rotatable bonds is 6. The fourth-order valence-corrected chi connectivity index (χ4v) is 3.80. The van der Waals surface area contributed by atoms with E-state index < -0.39 is 0 Å². The van der Waals surface area contributed by atoms with Gasteiger partial charge >= 0.3 is 0 Å². The van der Waals surface area contributed by atoms with Crippen LogP contribution >= 0.6 is 9.24 Å². The van der Waals surface area contributed by atoms with Gasteiger partial charge in [-0.15, -0.1) is 9.24 Å². The van der Waals surface area contributed by atoms with Crippen molar-refractivity contribution in [3.8, 4) is 22.8 Å². The van der Waals surface area contributed by atoms with Gasteiger partial charge in [0.05, 0.1) is 36.0 Å². The Bertz CT molecular complexity index is 1270. The van der Waals surface area contributed by atoms with E-state index in [1.807, 2.05) is 62.2 Å². The summed E-state index contributed by atoms with van der Waals surface area (Å²) in [5, 5.41) is 9.02. The first kappa shape index (κ1) is 29.5. The van der Waals surface area contributed by atoms with E-state index in [0.717, 1.165) is 58.9 Å². The summed E-state index contributed by atoms with van der Waals surface area (Å²) < 4.78 is 11.4. The lowest BCUT2D eigenvalue weighted by atomic mass is 10.1. The number of nitrogens with zero attached hydrogens (tertiary/aromatic N) is 4. The van der Waals surface area contributed by atoms with Gasteiger partial charge in [0, 0.05) is 31.4 Å². The Labute approximate surface area is 227 Å². The summed E-state index contributed by atoms with van der Waals surface area (Å²) in [6.07, 6.45) is 10.3. The van der Waals surface area contributed by atoms with Crippen LogP contribution in [0.15, 0.2) is 73.3 Å². The number of aryl methyl sites for hydroxylation is 2. The molecule has 4 aromatic heterocycles. The summed E-state index contributed by atoms with van der Waals surface area (Å²) in [5.41, 5.74) is 7.68. The van der Waals surface area contributed by atoms with Gasteiger partial charge in [0.1, 0.15) is 0 Å². The molecule has 0 aromatic carbocycles. The molecule has 0 radical (unpaired) electrons. The Kier molecular flexibility index (Phi) is 12.4. The van der Waals surface area contributed by atoms with Crippen LogP contribution in [0.1, 0.15) is 41.5 Å². The lowest BCUT2D eigenvalue weighted by molar-refractivity contribution is -0.168. The van der Waals surface area contributed by atoms with Crippen LogP contribution in [-0.4, -0.2) is 44.6 Å². The minimum atomic E-state index is -0.0625. The minimum absolute atomic E-state index is 0.0291. The number of aliphatic hydroxyl groups excluding tert-OH is 1. The molecule has 38 heavy (non-hydrogen) atoms. The highest BCUT2D eigenvalue weighted by atomic mass is 31.0. The molecule has 1 N–H and O–H groups in total. The predicted octanol–water partition coefficient (Wildman–Crippen LogP) is 5.93. The van der Waals surface area contributed by atoms with Crippen molar-refractivity contribution in [1.29, 1.82) is 0 Å². The number of hydrogen-bond acceptors (Lipinski definition) is 7. The first-order valence-electron chi connectivity index (χ1n) is 12.8. The van der Waals surface area contributed by atoms with Crippen LogP contribution in [-0.2, 0) is 22.7 Å². The van der Waals surface area contributed by atoms with Gasteiger partial charge in [-0.05, 0) is 104 Å². The van der Waals surface area contributed by atoms with Crippen LogP contribution < -0.4 is 0 Å². The van der Waals surface area contributed by atoms with Gasteiger partial charge in [0.2, 0.25) is 0 Å². The molecule has 0 saturated carbocycles. The summed E-state index contributed by atoms with van der Waals surface area (Å²) in [4.78, 5) is 17.2. The van der Waals surface area contributed by atoms with Crippen molar-refractivity contribution in [2.24, 2.45) is 0 Å². The molecule has 8 heteroatoms. The summed E-state index contributed by atoms with van der Waals surface area (Å²) in [6, 6.07) is 15.6. The molecule has 7 nitrogen and oxygen atoms in total. The van der Waals surface area contributed by atoms with Crippen LogP contribution in [0.5, 0.6) is 0 Å². The predicted molar refractivity (Wildman–Crippen MR) is 154 cm³/mol. The largest absolute Gasteiger partial charge is 0.392 e. The van der Waals surface area contributed by atoms with E-state index in [0.29, 0.717) is 6.61 Å². The average Bonchev–Trinajstić information content (AvgIpc) is 2.98. The molecule has 1 aliphatic heterocycles. The average molecular weight is 533 g/mol. The molecule has 1 saturated heterocycles. The van der Waals surface area contributed by atoms with Crippen LogP contribution in [0.3, 0.4) is 0 Å². The third-order valence-corrected chi connectivity index (χ3v) is 5.76. The normalized spacial score (nSPS) is 14.5. The second kappa shape index (κ2) is 16.0. The van der Waals surface area contributed by atoms with Crippen LogP contribution in [0.25, 0.3) is 22.8 Å². The number of ether oxygens (including phenoxy) is 2. The standard InChI is InChI=1S/C17H20N2O2.C12H12N2O.CH5P/c1-13-5-7-18-15(10-13)16-11-14(6-8-19-16)12-21-17-4-2-3-9-20-17;1-9-2-4-13-11(6-9)12-7-10(8-15)3-5-14-12;1-2/h5-8,10-11,17H,2-4,9,12H2,1H3;2-7,15H,8H2,1H3;2H2,1H3. The van der Waals surface area contributed by atoms with Crippen molar-refractivity contribution >= 4 is 9.24 Å². The topological polar surface area (TPSA) is 90.3 Å². The molecule has 0 spiro atoms. The fourth-order valence-electron chi connectivity index (χ4n) is 3.80. The summed E-state index contributed by atoms with van der Waals surface area (Å²) >= 11 is 0. The molecule has 4 aromatic rings. The molecule has 200 valence electrons. The summed E-state index contributed by atoms with van der Waals surface area (Å²) in [6.45, 7) is 7.37. The summed E-state index contributed by atoms with van der Waals surface area (Å²) in [5.74, 6) is 0. The molecule has 2 unspecified atom stereocenters. The van der Waals surface area contributed by atoms with E-state index in [9.17, 15) is 0 Å². The highest BCUT2D eigenvalue weighted by Gasteiger charge is 2.14. The maximum atomic E-state index is 9.02. The van der Waals surface area contributed by atoms with E-state index in [-0.39, 0.29) is 12.9 Å². The lowest BCUT2D eigenvalue weighted by Crippen LogP contribution is -2.22. The van der Waals surface area contributed by atoms with Gasteiger partial charge in [0.15, 0.2) is 6.29 Å². The van der Waals surface area contributed by atoms with Crippen molar-refractivity contribution < 1.29 is 14.6 Å². The molecule has 0 amide bonds. The van der Waals surface area contributed by atoms with E-state index in [1.54, 1.807) is 24.7 Å². The van der Waals surface area contributed by atoms with Crippen LogP contribution in [0, 0.1) is 13.8 Å². The van der Waals surface area contributed by atoms with Crippen molar-refractivity contribution in [1.82, 2.24) is 19.9 Å². The van der Waals surface area contributed by atoms with Gasteiger partial charge < -0.3 is 14.6 Å². The van der Waals surface area contributed by atoms with E-state index in [4.69, 9.17) is 14.6 Å². The maximum Gasteiger partial charge on any atom is 0.158 e. The lowest BCUT2D eigenvalue weighted by Gasteiger charge is -2.22. The fraction of sp³-hybridized carbons (Fsp3) is 0.333. The third-order valence-electron chi connectivity index (χ3n) is 5.76. The molecule has 0 bridgehead atoms. The number of aromatic nitrogens is 4. The second-order valence-electron chi connectivity index (χ2n) is 8.80.